The number of nitrogens with zero attached hydrogens (tertiary/aromatic N) is 1. The van der Waals surface area contributed by atoms with Gasteiger partial charge in [0.1, 0.15) is 5.60 Å². The van der Waals surface area contributed by atoms with Gasteiger partial charge in [-0.25, -0.2) is 0 Å². The van der Waals surface area contributed by atoms with E-state index in [2.05, 4.69) is 31.2 Å². The highest BCUT2D eigenvalue weighted by Gasteiger charge is 2.36. The third-order valence-corrected chi connectivity index (χ3v) is 4.40. The van der Waals surface area contributed by atoms with E-state index in [1.807, 2.05) is 20.8 Å². The smallest absolute Gasteiger partial charge is 0.307 e. The van der Waals surface area contributed by atoms with Crippen LogP contribution in [0.2, 0.25) is 0 Å². The molecule has 0 radical (unpaired) electrons. The highest BCUT2D eigenvalue weighted by atomic mass is 16.6. The Morgan fingerprint density at radius 2 is 2.05 bits per heavy atom. The number of carbonyl (C=O) groups is 1. The molecule has 1 saturated carbocycles. The fourth-order valence-electron chi connectivity index (χ4n) is 3.26. The molecule has 0 spiro atoms. The first-order chi connectivity index (χ1) is 9.65. The van der Waals surface area contributed by atoms with E-state index in [0.717, 1.165) is 12.5 Å². The van der Waals surface area contributed by atoms with Crippen LogP contribution in [0.25, 0.3) is 0 Å². The topological polar surface area (TPSA) is 41.6 Å². The average Bonchev–Trinajstić information content (AvgIpc) is 2.32. The monoisotopic (exact) mass is 298 g/mol. The first-order valence-corrected chi connectivity index (χ1v) is 8.25. The van der Waals surface area contributed by atoms with Gasteiger partial charge in [0.05, 0.1) is 6.42 Å². The Bertz CT molecular complexity index is 336. The van der Waals surface area contributed by atoms with Crippen molar-refractivity contribution in [2.24, 2.45) is 5.92 Å². The second-order valence-corrected chi connectivity index (χ2v) is 7.83. The summed E-state index contributed by atoms with van der Waals surface area (Å²) in [6, 6.07) is 0. The number of likely N-dealkylation sites (N-methyl/N-ethyl adjacent to an activating group) is 1. The van der Waals surface area contributed by atoms with Crippen LogP contribution in [0.5, 0.6) is 0 Å². The third kappa shape index (κ3) is 6.35. The molecule has 4 nitrogen and oxygen atoms in total. The summed E-state index contributed by atoms with van der Waals surface area (Å²) in [5, 5.41) is 3.47. The number of esters is 1. The Balaban J connectivity index is 2.36. The van der Waals surface area contributed by atoms with Gasteiger partial charge in [0.15, 0.2) is 0 Å². The van der Waals surface area contributed by atoms with Crippen LogP contribution in [0.1, 0.15) is 59.8 Å². The lowest BCUT2D eigenvalue weighted by molar-refractivity contribution is -0.154. The second kappa shape index (κ2) is 7.59. The van der Waals surface area contributed by atoms with Crippen molar-refractivity contribution < 1.29 is 9.53 Å². The maximum atomic E-state index is 11.7. The molecule has 1 fully saturated rings. The van der Waals surface area contributed by atoms with Crippen LogP contribution in [-0.4, -0.2) is 49.2 Å². The molecular formula is C17H34N2O2. The van der Waals surface area contributed by atoms with Gasteiger partial charge in [0, 0.05) is 18.6 Å². The van der Waals surface area contributed by atoms with Gasteiger partial charge in [-0.05, 0) is 53.6 Å². The SMILES string of the molecule is CC1CCCC(CNCCC(=O)OC(C)(C)C)(N(C)C)C1. The minimum absolute atomic E-state index is 0.120. The van der Waals surface area contributed by atoms with Gasteiger partial charge >= 0.3 is 5.97 Å². The Morgan fingerprint density at radius 1 is 1.38 bits per heavy atom. The Labute approximate surface area is 130 Å². The fourth-order valence-corrected chi connectivity index (χ4v) is 3.26. The maximum absolute atomic E-state index is 11.7. The molecule has 0 aromatic rings. The molecule has 2 atom stereocenters. The molecule has 124 valence electrons. The first-order valence-electron chi connectivity index (χ1n) is 8.25. The molecule has 0 aromatic heterocycles. The molecule has 0 aliphatic heterocycles. The summed E-state index contributed by atoms with van der Waals surface area (Å²) in [5.74, 6) is 0.666. The van der Waals surface area contributed by atoms with Crippen LogP contribution in [0.4, 0.5) is 0 Å². The van der Waals surface area contributed by atoms with Crippen molar-refractivity contribution in [2.75, 3.05) is 27.2 Å². The van der Waals surface area contributed by atoms with E-state index in [-0.39, 0.29) is 17.1 Å². The minimum Gasteiger partial charge on any atom is -0.460 e. The van der Waals surface area contributed by atoms with Crippen molar-refractivity contribution in [1.82, 2.24) is 10.2 Å². The van der Waals surface area contributed by atoms with Gasteiger partial charge in [0.25, 0.3) is 0 Å². The molecule has 0 bridgehead atoms. The molecule has 0 aromatic carbocycles. The highest BCUT2D eigenvalue weighted by Crippen LogP contribution is 2.35. The lowest BCUT2D eigenvalue weighted by Crippen LogP contribution is -2.54. The third-order valence-electron chi connectivity index (χ3n) is 4.40. The summed E-state index contributed by atoms with van der Waals surface area (Å²) in [5.41, 5.74) is -0.146. The predicted octanol–water partition coefficient (Wildman–Crippen LogP) is 2.82. The molecule has 0 heterocycles. The van der Waals surface area contributed by atoms with Crippen LogP contribution in [0.3, 0.4) is 0 Å². The van der Waals surface area contributed by atoms with E-state index in [1.165, 1.54) is 25.7 Å². The number of ether oxygens (including phenoxy) is 1. The molecule has 1 aliphatic rings. The van der Waals surface area contributed by atoms with E-state index in [9.17, 15) is 4.79 Å². The van der Waals surface area contributed by atoms with Gasteiger partial charge in [-0.2, -0.15) is 0 Å². The lowest BCUT2D eigenvalue weighted by atomic mass is 9.75. The van der Waals surface area contributed by atoms with Crippen molar-refractivity contribution >= 4 is 5.97 Å². The van der Waals surface area contributed by atoms with Crippen molar-refractivity contribution in [2.45, 2.75) is 70.9 Å². The van der Waals surface area contributed by atoms with Crippen molar-refractivity contribution in [3.63, 3.8) is 0 Å². The summed E-state index contributed by atoms with van der Waals surface area (Å²) in [6.45, 7) is 9.71. The zero-order chi connectivity index (χ0) is 16.1. The quantitative estimate of drug-likeness (QED) is 0.605. The van der Waals surface area contributed by atoms with Gasteiger partial charge in [-0.3, -0.25) is 4.79 Å². The van der Waals surface area contributed by atoms with E-state index < -0.39 is 0 Å². The van der Waals surface area contributed by atoms with Crippen LogP contribution >= 0.6 is 0 Å². The van der Waals surface area contributed by atoms with E-state index in [4.69, 9.17) is 4.74 Å². The summed E-state index contributed by atoms with van der Waals surface area (Å²) >= 11 is 0. The Kier molecular flexibility index (Phi) is 6.67. The molecular weight excluding hydrogens is 264 g/mol. The van der Waals surface area contributed by atoms with Crippen LogP contribution in [0.15, 0.2) is 0 Å². The standard InChI is InChI=1S/C17H34N2O2/c1-14-8-7-10-17(12-14,19(5)6)13-18-11-9-15(20)21-16(2,3)4/h14,18H,7-13H2,1-6H3. The van der Waals surface area contributed by atoms with Gasteiger partial charge < -0.3 is 15.0 Å². The molecule has 0 amide bonds. The number of hydrogen-bond donors (Lipinski definition) is 1. The molecule has 0 saturated heterocycles. The molecule has 21 heavy (non-hydrogen) atoms. The van der Waals surface area contributed by atoms with Gasteiger partial charge in [0.2, 0.25) is 0 Å². The zero-order valence-electron chi connectivity index (χ0n) is 14.8. The number of carbonyl (C=O) groups excluding carboxylic acids is 1. The summed E-state index contributed by atoms with van der Waals surface area (Å²) < 4.78 is 5.33. The second-order valence-electron chi connectivity index (χ2n) is 7.83. The van der Waals surface area contributed by atoms with Gasteiger partial charge in [-0.1, -0.05) is 19.8 Å². The van der Waals surface area contributed by atoms with Crippen molar-refractivity contribution in [3.8, 4) is 0 Å². The number of nitrogens with one attached hydrogen (secondary N) is 1. The summed E-state index contributed by atoms with van der Waals surface area (Å²) in [7, 11) is 4.35. The van der Waals surface area contributed by atoms with Crippen LogP contribution in [0, 0.1) is 5.92 Å². The average molecular weight is 298 g/mol. The number of hydrogen-bond acceptors (Lipinski definition) is 4. The fraction of sp³-hybridized carbons (Fsp3) is 0.941. The maximum Gasteiger partial charge on any atom is 0.307 e. The van der Waals surface area contributed by atoms with Crippen molar-refractivity contribution in [1.29, 1.82) is 0 Å². The number of rotatable bonds is 6. The normalized spacial score (nSPS) is 26.9. The molecule has 1 aliphatic carbocycles. The molecule has 4 heteroatoms. The largest absolute Gasteiger partial charge is 0.460 e. The molecule has 1 rings (SSSR count). The van der Waals surface area contributed by atoms with E-state index in [0.29, 0.717) is 13.0 Å². The van der Waals surface area contributed by atoms with Crippen LogP contribution in [-0.2, 0) is 9.53 Å². The summed E-state index contributed by atoms with van der Waals surface area (Å²) in [4.78, 5) is 14.1. The highest BCUT2D eigenvalue weighted by molar-refractivity contribution is 5.70. The molecule has 1 N–H and O–H groups in total. The zero-order valence-corrected chi connectivity index (χ0v) is 14.8. The first kappa shape index (κ1) is 18.4. The Hall–Kier alpha value is -0.610. The lowest BCUT2D eigenvalue weighted by Gasteiger charge is -2.45. The Morgan fingerprint density at radius 3 is 2.57 bits per heavy atom. The minimum atomic E-state index is -0.388. The van der Waals surface area contributed by atoms with Crippen molar-refractivity contribution in [3.05, 3.63) is 0 Å². The molecule has 2 unspecified atom stereocenters. The van der Waals surface area contributed by atoms with Crippen LogP contribution < -0.4 is 5.32 Å². The predicted molar refractivity (Wildman–Crippen MR) is 87.4 cm³/mol. The van der Waals surface area contributed by atoms with Gasteiger partial charge in [-0.15, -0.1) is 0 Å². The summed E-state index contributed by atoms with van der Waals surface area (Å²) in [6.07, 6.45) is 5.56. The van der Waals surface area contributed by atoms with E-state index >= 15 is 0 Å². The van der Waals surface area contributed by atoms with E-state index in [1.54, 1.807) is 0 Å².